The molecular weight excluding hydrogens is 441 g/mol. The molecule has 4 rings (SSSR count). The number of halogens is 3. The maximum Gasteiger partial charge on any atom is 0.490 e. The first-order valence-electron chi connectivity index (χ1n) is 11.2. The van der Waals surface area contributed by atoms with Gasteiger partial charge in [-0.3, -0.25) is 9.69 Å². The molecule has 0 aliphatic carbocycles. The van der Waals surface area contributed by atoms with Gasteiger partial charge in [-0.05, 0) is 68.3 Å². The van der Waals surface area contributed by atoms with Crippen LogP contribution < -0.4 is 4.74 Å². The van der Waals surface area contributed by atoms with Crippen molar-refractivity contribution in [2.75, 3.05) is 39.9 Å². The molecule has 3 heterocycles. The first-order valence-corrected chi connectivity index (χ1v) is 11.2. The number of hydrogen-bond donors (Lipinski definition) is 1. The van der Waals surface area contributed by atoms with Gasteiger partial charge in [0, 0.05) is 26.2 Å². The molecule has 0 aromatic heterocycles. The fourth-order valence-corrected chi connectivity index (χ4v) is 4.72. The number of carbonyl (C=O) groups is 2. The molecule has 1 amide bonds. The van der Waals surface area contributed by atoms with Crippen molar-refractivity contribution in [2.24, 2.45) is 5.41 Å². The molecule has 1 spiro atoms. The van der Waals surface area contributed by atoms with Crippen LogP contribution in [-0.4, -0.2) is 79.0 Å². The third kappa shape index (κ3) is 6.83. The van der Waals surface area contributed by atoms with E-state index in [9.17, 15) is 18.0 Å². The molecular formula is C23H31F3N2O5. The van der Waals surface area contributed by atoms with Crippen LogP contribution in [0.5, 0.6) is 5.75 Å². The Labute approximate surface area is 191 Å². The van der Waals surface area contributed by atoms with Crippen molar-refractivity contribution in [3.63, 3.8) is 0 Å². The van der Waals surface area contributed by atoms with Crippen LogP contribution in [0.4, 0.5) is 13.2 Å². The van der Waals surface area contributed by atoms with Gasteiger partial charge in [0.1, 0.15) is 11.9 Å². The fourth-order valence-electron chi connectivity index (χ4n) is 4.72. The minimum Gasteiger partial charge on any atom is -0.497 e. The predicted octanol–water partition coefficient (Wildman–Crippen LogP) is 3.32. The van der Waals surface area contributed by atoms with Crippen molar-refractivity contribution < 1.29 is 37.3 Å². The van der Waals surface area contributed by atoms with Gasteiger partial charge < -0.3 is 19.5 Å². The molecule has 0 saturated carbocycles. The largest absolute Gasteiger partial charge is 0.497 e. The van der Waals surface area contributed by atoms with Crippen LogP contribution in [0.25, 0.3) is 0 Å². The van der Waals surface area contributed by atoms with Crippen LogP contribution in [0.15, 0.2) is 24.3 Å². The number of nitrogens with zero attached hydrogens (tertiary/aromatic N) is 2. The number of benzene rings is 1. The molecule has 7 nitrogen and oxygen atoms in total. The number of rotatable bonds is 4. The van der Waals surface area contributed by atoms with Crippen LogP contribution in [0.1, 0.15) is 37.7 Å². The van der Waals surface area contributed by atoms with Crippen molar-refractivity contribution in [1.82, 2.24) is 9.80 Å². The van der Waals surface area contributed by atoms with E-state index in [1.165, 1.54) is 18.4 Å². The van der Waals surface area contributed by atoms with E-state index in [1.54, 1.807) is 7.11 Å². The summed E-state index contributed by atoms with van der Waals surface area (Å²) in [5.41, 5.74) is 1.64. The molecule has 10 heteroatoms. The predicted molar refractivity (Wildman–Crippen MR) is 114 cm³/mol. The van der Waals surface area contributed by atoms with Crippen molar-refractivity contribution in [1.29, 1.82) is 0 Å². The van der Waals surface area contributed by atoms with Crippen molar-refractivity contribution in [2.45, 2.75) is 50.9 Å². The molecule has 1 N–H and O–H groups in total. The number of carboxylic acid groups (broad SMARTS) is 1. The van der Waals surface area contributed by atoms with Crippen molar-refractivity contribution in [3.8, 4) is 5.75 Å². The molecule has 0 bridgehead atoms. The number of carboxylic acids is 1. The molecule has 0 radical (unpaired) electrons. The first kappa shape index (κ1) is 25.3. The molecule has 3 fully saturated rings. The highest BCUT2D eigenvalue weighted by Crippen LogP contribution is 2.41. The quantitative estimate of drug-likeness (QED) is 0.725. The second kappa shape index (κ2) is 10.7. The highest BCUT2D eigenvalue weighted by molar-refractivity contribution is 5.81. The Morgan fingerprint density at radius 2 is 1.88 bits per heavy atom. The summed E-state index contributed by atoms with van der Waals surface area (Å²) in [5, 5.41) is 7.12. The molecule has 3 aliphatic rings. The number of aliphatic carboxylic acids is 1. The van der Waals surface area contributed by atoms with Crippen LogP contribution in [0.3, 0.4) is 0 Å². The Hall–Kier alpha value is -2.33. The Morgan fingerprint density at radius 3 is 2.45 bits per heavy atom. The van der Waals surface area contributed by atoms with Crippen LogP contribution >= 0.6 is 0 Å². The lowest BCUT2D eigenvalue weighted by molar-refractivity contribution is -0.192. The van der Waals surface area contributed by atoms with Gasteiger partial charge in [-0.1, -0.05) is 12.1 Å². The van der Waals surface area contributed by atoms with Gasteiger partial charge in [-0.2, -0.15) is 13.2 Å². The molecule has 3 aliphatic heterocycles. The standard InChI is InChI=1S/C21H30N2O3.C2HF3O2/c1-25-18-5-2-4-17(14-18)15-22-10-7-21(8-11-22)9-12-23(16-21)20(24)19-6-3-13-26-19;3-2(4,5)1(6)7/h2,4-5,14,19H,3,6-13,15-16H2,1H3;(H,6,7)/t19-;/m0./s1. The average Bonchev–Trinajstić information content (AvgIpc) is 3.46. The summed E-state index contributed by atoms with van der Waals surface area (Å²) in [4.78, 5) is 26.1. The number of ether oxygens (including phenoxy) is 2. The number of likely N-dealkylation sites (tertiary alicyclic amines) is 2. The zero-order valence-electron chi connectivity index (χ0n) is 18.8. The summed E-state index contributed by atoms with van der Waals surface area (Å²) in [6, 6.07) is 8.35. The Bertz CT molecular complexity index is 819. The lowest BCUT2D eigenvalue weighted by atomic mass is 9.77. The summed E-state index contributed by atoms with van der Waals surface area (Å²) in [7, 11) is 1.72. The molecule has 1 atom stereocenters. The monoisotopic (exact) mass is 472 g/mol. The van der Waals surface area contributed by atoms with Crippen molar-refractivity contribution in [3.05, 3.63) is 29.8 Å². The lowest BCUT2D eigenvalue weighted by Gasteiger charge is -2.39. The second-order valence-corrected chi connectivity index (χ2v) is 8.94. The van der Waals surface area contributed by atoms with Gasteiger partial charge >= 0.3 is 12.1 Å². The van der Waals surface area contributed by atoms with E-state index in [-0.39, 0.29) is 12.0 Å². The van der Waals surface area contributed by atoms with Crippen LogP contribution in [-0.2, 0) is 20.9 Å². The Balaban J connectivity index is 0.000000383. The van der Waals surface area contributed by atoms with E-state index >= 15 is 0 Å². The van der Waals surface area contributed by atoms with E-state index in [1.807, 2.05) is 6.07 Å². The highest BCUT2D eigenvalue weighted by Gasteiger charge is 2.43. The zero-order valence-corrected chi connectivity index (χ0v) is 18.8. The third-order valence-electron chi connectivity index (χ3n) is 6.65. The molecule has 1 aromatic rings. The normalized spacial score (nSPS) is 22.7. The van der Waals surface area contributed by atoms with E-state index in [4.69, 9.17) is 19.4 Å². The topological polar surface area (TPSA) is 79.3 Å². The molecule has 184 valence electrons. The highest BCUT2D eigenvalue weighted by atomic mass is 19.4. The van der Waals surface area contributed by atoms with Crippen LogP contribution in [0, 0.1) is 5.41 Å². The van der Waals surface area contributed by atoms with Crippen LogP contribution in [0.2, 0.25) is 0 Å². The number of carbonyl (C=O) groups excluding carboxylic acids is 1. The number of hydrogen-bond acceptors (Lipinski definition) is 5. The fraction of sp³-hybridized carbons (Fsp3) is 0.652. The summed E-state index contributed by atoms with van der Waals surface area (Å²) in [6.45, 7) is 5.78. The number of methoxy groups -OCH3 is 1. The van der Waals surface area contributed by atoms with E-state index in [0.717, 1.165) is 64.3 Å². The Morgan fingerprint density at radius 1 is 1.21 bits per heavy atom. The summed E-state index contributed by atoms with van der Waals surface area (Å²) >= 11 is 0. The van der Waals surface area contributed by atoms with Gasteiger partial charge in [-0.25, -0.2) is 4.79 Å². The van der Waals surface area contributed by atoms with Gasteiger partial charge in [0.25, 0.3) is 5.91 Å². The Kier molecular flexibility index (Phi) is 8.23. The smallest absolute Gasteiger partial charge is 0.490 e. The summed E-state index contributed by atoms with van der Waals surface area (Å²) < 4.78 is 42.7. The third-order valence-corrected chi connectivity index (χ3v) is 6.65. The van der Waals surface area contributed by atoms with Gasteiger partial charge in [-0.15, -0.1) is 0 Å². The van der Waals surface area contributed by atoms with Gasteiger partial charge in [0.05, 0.1) is 7.11 Å². The van der Waals surface area contributed by atoms with E-state index in [2.05, 4.69) is 28.0 Å². The molecule has 0 unspecified atom stereocenters. The maximum atomic E-state index is 12.6. The minimum absolute atomic E-state index is 0.168. The summed E-state index contributed by atoms with van der Waals surface area (Å²) in [6.07, 6.45) is 0.195. The van der Waals surface area contributed by atoms with Gasteiger partial charge in [0.15, 0.2) is 0 Å². The van der Waals surface area contributed by atoms with Gasteiger partial charge in [0.2, 0.25) is 0 Å². The molecule has 3 saturated heterocycles. The second-order valence-electron chi connectivity index (χ2n) is 8.94. The lowest BCUT2D eigenvalue weighted by Crippen LogP contribution is -2.43. The van der Waals surface area contributed by atoms with E-state index in [0.29, 0.717) is 5.41 Å². The molecule has 1 aromatic carbocycles. The molecule has 33 heavy (non-hydrogen) atoms. The maximum absolute atomic E-state index is 12.6. The number of amides is 1. The zero-order chi connectivity index (χ0) is 24.1. The summed E-state index contributed by atoms with van der Waals surface area (Å²) in [5.74, 6) is -1.60. The average molecular weight is 473 g/mol. The number of alkyl halides is 3. The van der Waals surface area contributed by atoms with E-state index < -0.39 is 12.1 Å². The number of piperidine rings is 1. The first-order chi connectivity index (χ1) is 15.6. The van der Waals surface area contributed by atoms with Crippen molar-refractivity contribution >= 4 is 11.9 Å². The SMILES string of the molecule is COc1cccc(CN2CCC3(CC2)CCN(C(=O)[C@@H]2CCCO2)C3)c1.O=C(O)C(F)(F)F. The minimum atomic E-state index is -5.08.